The molecule has 0 aliphatic carbocycles. The van der Waals surface area contributed by atoms with Crippen molar-refractivity contribution in [2.75, 3.05) is 37.7 Å². The summed E-state index contributed by atoms with van der Waals surface area (Å²) >= 11 is 0. The van der Waals surface area contributed by atoms with Crippen LogP contribution in [0.1, 0.15) is 44.7 Å². The third kappa shape index (κ3) is 8.20. The van der Waals surface area contributed by atoms with E-state index in [4.69, 9.17) is 9.47 Å². The van der Waals surface area contributed by atoms with Gasteiger partial charge in [0, 0.05) is 18.7 Å². The molecule has 1 unspecified atom stereocenters. The number of amides is 2. The van der Waals surface area contributed by atoms with Crippen LogP contribution in [0.2, 0.25) is 0 Å². The standard InChI is InChI=1S/C36H43N3O5/c1-36(2,3)44-34(40)37-20-17-26-11-14-30(15-12-26)43-23-7-8-27-13-16-31(28-9-5-4-6-10-28)32(24-27)39(35(41)42)33-25-38-21-18-29(33)19-22-38/h4-16,24,29,33H,17-23,25H2,1-3H3,(H,37,40)(H,41,42). The van der Waals surface area contributed by atoms with Crippen LogP contribution in [0.4, 0.5) is 15.3 Å². The fourth-order valence-corrected chi connectivity index (χ4v) is 6.07. The van der Waals surface area contributed by atoms with Gasteiger partial charge in [-0.3, -0.25) is 4.90 Å². The number of hydrogen-bond donors (Lipinski definition) is 2. The predicted octanol–water partition coefficient (Wildman–Crippen LogP) is 7.09. The number of hydrogen-bond acceptors (Lipinski definition) is 5. The molecule has 3 saturated heterocycles. The normalized spacial score (nSPS) is 19.5. The molecule has 6 rings (SSSR count). The highest BCUT2D eigenvalue weighted by Gasteiger charge is 2.40. The zero-order chi connectivity index (χ0) is 31.1. The Morgan fingerprint density at radius 2 is 1.75 bits per heavy atom. The first-order valence-corrected chi connectivity index (χ1v) is 15.5. The number of carbonyl (C=O) groups is 2. The molecule has 0 aromatic heterocycles. The molecule has 3 heterocycles. The average Bonchev–Trinajstić information content (AvgIpc) is 3.00. The van der Waals surface area contributed by atoms with Gasteiger partial charge in [-0.25, -0.2) is 9.59 Å². The molecule has 0 radical (unpaired) electrons. The Morgan fingerprint density at radius 1 is 1.02 bits per heavy atom. The minimum absolute atomic E-state index is 0.0592. The van der Waals surface area contributed by atoms with Crippen LogP contribution < -0.4 is 15.0 Å². The van der Waals surface area contributed by atoms with Crippen LogP contribution >= 0.6 is 0 Å². The number of ether oxygens (including phenoxy) is 2. The van der Waals surface area contributed by atoms with Crippen LogP contribution in [0.3, 0.4) is 0 Å². The number of benzene rings is 3. The first kappa shape index (κ1) is 31.1. The van der Waals surface area contributed by atoms with Gasteiger partial charge in [0.15, 0.2) is 0 Å². The maximum Gasteiger partial charge on any atom is 0.412 e. The largest absolute Gasteiger partial charge is 0.490 e. The van der Waals surface area contributed by atoms with Gasteiger partial charge in [-0.2, -0.15) is 0 Å². The molecule has 1 atom stereocenters. The van der Waals surface area contributed by atoms with Gasteiger partial charge in [0.25, 0.3) is 0 Å². The van der Waals surface area contributed by atoms with E-state index in [0.717, 1.165) is 66.2 Å². The molecule has 2 bridgehead atoms. The number of carbonyl (C=O) groups excluding carboxylic acids is 1. The molecule has 2 amide bonds. The fraction of sp³-hybridized carbons (Fsp3) is 0.389. The highest BCUT2D eigenvalue weighted by molar-refractivity contribution is 5.94. The Bertz CT molecular complexity index is 1440. The molecular weight excluding hydrogens is 554 g/mol. The number of alkyl carbamates (subject to hydrolysis) is 1. The number of nitrogens with zero attached hydrogens (tertiary/aromatic N) is 2. The average molecular weight is 598 g/mol. The molecule has 232 valence electrons. The van der Waals surface area contributed by atoms with Gasteiger partial charge >= 0.3 is 12.2 Å². The highest BCUT2D eigenvalue weighted by atomic mass is 16.6. The summed E-state index contributed by atoms with van der Waals surface area (Å²) in [6.07, 6.45) is 5.36. The lowest BCUT2D eigenvalue weighted by Gasteiger charge is -2.48. The Labute approximate surface area is 260 Å². The van der Waals surface area contributed by atoms with Gasteiger partial charge in [0.2, 0.25) is 0 Å². The zero-order valence-corrected chi connectivity index (χ0v) is 25.9. The third-order valence-electron chi connectivity index (χ3n) is 8.19. The summed E-state index contributed by atoms with van der Waals surface area (Å²) in [6, 6.07) is 23.8. The number of carboxylic acid groups (broad SMARTS) is 1. The predicted molar refractivity (Wildman–Crippen MR) is 174 cm³/mol. The second kappa shape index (κ2) is 14.0. The van der Waals surface area contributed by atoms with Gasteiger partial charge in [0.1, 0.15) is 18.0 Å². The van der Waals surface area contributed by atoms with Crippen molar-refractivity contribution >= 4 is 23.9 Å². The molecule has 3 aromatic rings. The van der Waals surface area contributed by atoms with E-state index >= 15 is 0 Å². The Kier molecular flexibility index (Phi) is 9.90. The Morgan fingerprint density at radius 3 is 2.39 bits per heavy atom. The molecule has 3 aliphatic heterocycles. The maximum absolute atomic E-state index is 12.8. The molecule has 8 heteroatoms. The van der Waals surface area contributed by atoms with Gasteiger partial charge in [-0.15, -0.1) is 0 Å². The summed E-state index contributed by atoms with van der Waals surface area (Å²) in [6.45, 7) is 9.26. The summed E-state index contributed by atoms with van der Waals surface area (Å²) in [5.41, 5.74) is 4.13. The number of fused-ring (bicyclic) bond motifs is 3. The number of piperidine rings is 3. The molecule has 0 spiro atoms. The molecule has 44 heavy (non-hydrogen) atoms. The van der Waals surface area contributed by atoms with E-state index in [9.17, 15) is 14.7 Å². The fourth-order valence-electron chi connectivity index (χ4n) is 6.07. The molecule has 8 nitrogen and oxygen atoms in total. The van der Waals surface area contributed by atoms with Crippen molar-refractivity contribution in [1.29, 1.82) is 0 Å². The van der Waals surface area contributed by atoms with E-state index in [2.05, 4.69) is 10.2 Å². The third-order valence-corrected chi connectivity index (χ3v) is 8.19. The van der Waals surface area contributed by atoms with Crippen molar-refractivity contribution in [2.45, 2.75) is 51.7 Å². The van der Waals surface area contributed by atoms with Crippen molar-refractivity contribution < 1.29 is 24.2 Å². The van der Waals surface area contributed by atoms with Crippen LogP contribution in [0, 0.1) is 5.92 Å². The van der Waals surface area contributed by atoms with Crippen molar-refractivity contribution in [3.05, 3.63) is 90.0 Å². The highest BCUT2D eigenvalue weighted by Crippen LogP contribution is 2.39. The lowest BCUT2D eigenvalue weighted by atomic mass is 9.82. The topological polar surface area (TPSA) is 91.3 Å². The smallest absolute Gasteiger partial charge is 0.412 e. The quantitative estimate of drug-likeness (QED) is 0.259. The summed E-state index contributed by atoms with van der Waals surface area (Å²) in [5.74, 6) is 1.12. The number of anilines is 1. The maximum atomic E-state index is 12.8. The SMILES string of the molecule is CC(C)(C)OC(=O)NCCc1ccc(OCC=Cc2ccc(-c3ccccc3)c(N(C(=O)O)C3CN4CCC3CC4)c2)cc1. The van der Waals surface area contributed by atoms with Gasteiger partial charge in [-0.05, 0) is 100 Å². The minimum atomic E-state index is -0.908. The molecule has 3 aliphatic rings. The van der Waals surface area contributed by atoms with Crippen LogP contribution in [0.5, 0.6) is 5.75 Å². The van der Waals surface area contributed by atoms with Crippen molar-refractivity contribution in [1.82, 2.24) is 10.2 Å². The van der Waals surface area contributed by atoms with Crippen LogP contribution in [0.15, 0.2) is 78.9 Å². The van der Waals surface area contributed by atoms with Gasteiger partial charge in [-0.1, -0.05) is 60.7 Å². The van der Waals surface area contributed by atoms with E-state index in [1.807, 2.05) is 106 Å². The zero-order valence-electron chi connectivity index (χ0n) is 25.9. The lowest BCUT2D eigenvalue weighted by Crippen LogP contribution is -2.59. The van der Waals surface area contributed by atoms with Gasteiger partial charge < -0.3 is 24.8 Å². The molecule has 3 aromatic carbocycles. The van der Waals surface area contributed by atoms with E-state index in [-0.39, 0.29) is 6.04 Å². The molecular formula is C36H43N3O5. The number of rotatable bonds is 10. The first-order valence-electron chi connectivity index (χ1n) is 15.5. The summed E-state index contributed by atoms with van der Waals surface area (Å²) in [5, 5.41) is 13.3. The van der Waals surface area contributed by atoms with Crippen LogP contribution in [-0.4, -0.2) is 66.6 Å². The van der Waals surface area contributed by atoms with Crippen molar-refractivity contribution in [2.24, 2.45) is 5.92 Å². The van der Waals surface area contributed by atoms with E-state index in [0.29, 0.717) is 25.5 Å². The van der Waals surface area contributed by atoms with Crippen LogP contribution in [-0.2, 0) is 11.2 Å². The second-order valence-corrected chi connectivity index (χ2v) is 12.5. The van der Waals surface area contributed by atoms with E-state index < -0.39 is 17.8 Å². The molecule has 2 N–H and O–H groups in total. The van der Waals surface area contributed by atoms with Gasteiger partial charge in [0.05, 0.1) is 11.7 Å². The first-order chi connectivity index (χ1) is 21.2. The molecule has 0 saturated carbocycles. The summed E-state index contributed by atoms with van der Waals surface area (Å²) < 4.78 is 11.2. The van der Waals surface area contributed by atoms with Crippen molar-refractivity contribution in [3.63, 3.8) is 0 Å². The van der Waals surface area contributed by atoms with Crippen LogP contribution in [0.25, 0.3) is 17.2 Å². The summed E-state index contributed by atoms with van der Waals surface area (Å²) in [7, 11) is 0. The van der Waals surface area contributed by atoms with Crippen molar-refractivity contribution in [3.8, 4) is 16.9 Å². The van der Waals surface area contributed by atoms with E-state index in [1.165, 1.54) is 0 Å². The second-order valence-electron chi connectivity index (χ2n) is 12.5. The molecule has 3 fully saturated rings. The lowest BCUT2D eigenvalue weighted by molar-refractivity contribution is 0.0528. The minimum Gasteiger partial charge on any atom is -0.490 e. The monoisotopic (exact) mass is 597 g/mol. The summed E-state index contributed by atoms with van der Waals surface area (Å²) in [4.78, 5) is 28.6. The van der Waals surface area contributed by atoms with E-state index in [1.54, 1.807) is 4.90 Å². The Balaban J connectivity index is 1.23. The number of nitrogens with one attached hydrogen (secondary N) is 1. The Hall–Kier alpha value is -4.30.